The maximum atomic E-state index is 13.7. The number of nitrogens with zero attached hydrogens (tertiary/aromatic N) is 2. The van der Waals surface area contributed by atoms with E-state index in [2.05, 4.69) is 10.4 Å². The van der Waals surface area contributed by atoms with Crippen LogP contribution in [0.1, 0.15) is 23.5 Å². The monoisotopic (exact) mass is 337 g/mol. The highest BCUT2D eigenvalue weighted by atomic mass is 19.1. The van der Waals surface area contributed by atoms with Gasteiger partial charge in [0.1, 0.15) is 5.82 Å². The number of carbonyl (C=O) groups excluding carboxylic acids is 1. The molecule has 1 aliphatic rings. The second-order valence-electron chi connectivity index (χ2n) is 5.89. The van der Waals surface area contributed by atoms with Crippen molar-refractivity contribution in [3.05, 3.63) is 71.7 Å². The summed E-state index contributed by atoms with van der Waals surface area (Å²) >= 11 is 0. The molecule has 1 aromatic heterocycles. The van der Waals surface area contributed by atoms with Crippen LogP contribution in [0.3, 0.4) is 0 Å². The number of methoxy groups -OCH3 is 1. The first-order valence-corrected chi connectivity index (χ1v) is 7.94. The normalized spacial score (nSPS) is 16.2. The predicted octanol–water partition coefficient (Wildman–Crippen LogP) is 3.49. The predicted molar refractivity (Wildman–Crippen MR) is 91.6 cm³/mol. The number of fused-ring (bicyclic) bond motifs is 1. The Morgan fingerprint density at radius 1 is 1.24 bits per heavy atom. The molecule has 0 aliphatic carbocycles. The Morgan fingerprint density at radius 3 is 2.80 bits per heavy atom. The summed E-state index contributed by atoms with van der Waals surface area (Å²) in [4.78, 5) is 12.3. The van der Waals surface area contributed by atoms with Gasteiger partial charge < -0.3 is 10.1 Å². The van der Waals surface area contributed by atoms with E-state index < -0.39 is 5.82 Å². The van der Waals surface area contributed by atoms with Crippen LogP contribution in [0.2, 0.25) is 0 Å². The second kappa shape index (κ2) is 6.05. The topological polar surface area (TPSA) is 56.1 Å². The van der Waals surface area contributed by atoms with Gasteiger partial charge in [-0.1, -0.05) is 24.3 Å². The summed E-state index contributed by atoms with van der Waals surface area (Å²) < 4.78 is 20.5. The fourth-order valence-electron chi connectivity index (χ4n) is 3.18. The highest BCUT2D eigenvalue weighted by molar-refractivity contribution is 5.94. The molecule has 6 heteroatoms. The van der Waals surface area contributed by atoms with E-state index in [-0.39, 0.29) is 24.0 Å². The lowest BCUT2D eigenvalue weighted by Gasteiger charge is -2.24. The molecule has 0 fully saturated rings. The Hall–Kier alpha value is -3.15. The van der Waals surface area contributed by atoms with Gasteiger partial charge in [-0.3, -0.25) is 4.79 Å². The van der Waals surface area contributed by atoms with Gasteiger partial charge in [0.25, 0.3) is 0 Å². The molecule has 1 atom stereocenters. The van der Waals surface area contributed by atoms with Gasteiger partial charge in [0.2, 0.25) is 5.91 Å². The number of hydrogen-bond acceptors (Lipinski definition) is 3. The van der Waals surface area contributed by atoms with Crippen LogP contribution in [-0.4, -0.2) is 22.8 Å². The quantitative estimate of drug-likeness (QED) is 0.796. The summed E-state index contributed by atoms with van der Waals surface area (Å²) in [6.45, 7) is 0. The van der Waals surface area contributed by atoms with Crippen LogP contribution in [0.15, 0.2) is 54.7 Å². The lowest BCUT2D eigenvalue weighted by molar-refractivity contribution is -0.116. The number of benzene rings is 2. The summed E-state index contributed by atoms with van der Waals surface area (Å²) in [5.74, 6) is 0.0946. The summed E-state index contributed by atoms with van der Waals surface area (Å²) in [5.41, 5.74) is 2.58. The third-order valence-corrected chi connectivity index (χ3v) is 4.40. The number of aromatic nitrogens is 2. The molecule has 0 saturated carbocycles. The molecule has 0 radical (unpaired) electrons. The number of halogens is 1. The first kappa shape index (κ1) is 15.4. The minimum absolute atomic E-state index is 0.0986. The van der Waals surface area contributed by atoms with Crippen molar-refractivity contribution in [3.8, 4) is 11.4 Å². The van der Waals surface area contributed by atoms with Crippen molar-refractivity contribution < 1.29 is 13.9 Å². The van der Waals surface area contributed by atoms with E-state index in [1.807, 2.05) is 30.3 Å². The number of anilines is 1. The SMILES string of the molecule is COc1cc([C@@H]2CC(=O)Nc3c2cnn3-c2ccccc2)ccc1F. The molecule has 2 heterocycles. The minimum atomic E-state index is -0.424. The molecule has 2 aromatic carbocycles. The Balaban J connectivity index is 1.81. The Morgan fingerprint density at radius 2 is 2.04 bits per heavy atom. The van der Waals surface area contributed by atoms with Crippen molar-refractivity contribution >= 4 is 11.7 Å². The molecule has 4 rings (SSSR count). The fourth-order valence-corrected chi connectivity index (χ4v) is 3.18. The molecule has 0 bridgehead atoms. The zero-order valence-electron chi connectivity index (χ0n) is 13.6. The molecule has 1 N–H and O–H groups in total. The van der Waals surface area contributed by atoms with E-state index in [0.29, 0.717) is 5.82 Å². The number of nitrogens with one attached hydrogen (secondary N) is 1. The number of ether oxygens (including phenoxy) is 1. The standard InChI is InChI=1S/C19H16FN3O2/c1-25-17-9-12(7-8-16(17)20)14-10-18(24)22-19-15(14)11-21-23(19)13-5-3-2-4-6-13/h2-9,11,14H,10H2,1H3,(H,22,24)/t14-/m0/s1. The number of rotatable bonds is 3. The maximum Gasteiger partial charge on any atom is 0.226 e. The molecule has 0 spiro atoms. The average Bonchev–Trinajstić information content (AvgIpc) is 3.06. The van der Waals surface area contributed by atoms with E-state index >= 15 is 0 Å². The third kappa shape index (κ3) is 2.65. The van der Waals surface area contributed by atoms with E-state index in [1.54, 1.807) is 23.0 Å². The van der Waals surface area contributed by atoms with Crippen molar-refractivity contribution in [1.82, 2.24) is 9.78 Å². The van der Waals surface area contributed by atoms with E-state index in [1.165, 1.54) is 13.2 Å². The van der Waals surface area contributed by atoms with Crippen LogP contribution in [-0.2, 0) is 4.79 Å². The molecular formula is C19H16FN3O2. The lowest BCUT2D eigenvalue weighted by Crippen LogP contribution is -2.24. The number of para-hydroxylation sites is 1. The molecule has 0 unspecified atom stereocenters. The molecule has 1 amide bonds. The van der Waals surface area contributed by atoms with Crippen molar-refractivity contribution in [1.29, 1.82) is 0 Å². The smallest absolute Gasteiger partial charge is 0.226 e. The summed E-state index contributed by atoms with van der Waals surface area (Å²) in [5, 5.41) is 7.34. The molecule has 1 aliphatic heterocycles. The van der Waals surface area contributed by atoms with Gasteiger partial charge in [-0.2, -0.15) is 5.10 Å². The molecule has 0 saturated heterocycles. The molecular weight excluding hydrogens is 321 g/mol. The molecule has 3 aromatic rings. The first-order chi connectivity index (χ1) is 12.2. The summed E-state index contributed by atoms with van der Waals surface area (Å²) in [7, 11) is 1.43. The lowest BCUT2D eigenvalue weighted by atomic mass is 9.87. The van der Waals surface area contributed by atoms with Gasteiger partial charge in [0, 0.05) is 17.9 Å². The van der Waals surface area contributed by atoms with Gasteiger partial charge in [0.05, 0.1) is 19.0 Å². The molecule has 126 valence electrons. The van der Waals surface area contributed by atoms with Crippen LogP contribution in [0.4, 0.5) is 10.2 Å². The summed E-state index contributed by atoms with van der Waals surface area (Å²) in [6, 6.07) is 14.3. The van der Waals surface area contributed by atoms with Crippen LogP contribution in [0.25, 0.3) is 5.69 Å². The van der Waals surface area contributed by atoms with Crippen molar-refractivity contribution in [3.63, 3.8) is 0 Å². The van der Waals surface area contributed by atoms with Gasteiger partial charge in [-0.25, -0.2) is 9.07 Å². The Kier molecular flexibility index (Phi) is 3.72. The van der Waals surface area contributed by atoms with Crippen LogP contribution < -0.4 is 10.1 Å². The Bertz CT molecular complexity index is 937. The van der Waals surface area contributed by atoms with Crippen LogP contribution in [0.5, 0.6) is 5.75 Å². The van der Waals surface area contributed by atoms with E-state index in [0.717, 1.165) is 16.8 Å². The number of hydrogen-bond donors (Lipinski definition) is 1. The van der Waals surface area contributed by atoms with E-state index in [4.69, 9.17) is 4.74 Å². The minimum Gasteiger partial charge on any atom is -0.494 e. The third-order valence-electron chi connectivity index (χ3n) is 4.40. The number of carbonyl (C=O) groups is 1. The molecule has 5 nitrogen and oxygen atoms in total. The van der Waals surface area contributed by atoms with Gasteiger partial charge in [-0.05, 0) is 29.8 Å². The summed E-state index contributed by atoms with van der Waals surface area (Å²) in [6.07, 6.45) is 2.03. The largest absolute Gasteiger partial charge is 0.494 e. The van der Waals surface area contributed by atoms with Crippen molar-refractivity contribution in [2.24, 2.45) is 0 Å². The molecule has 25 heavy (non-hydrogen) atoms. The zero-order chi connectivity index (χ0) is 17.4. The fraction of sp³-hybridized carbons (Fsp3) is 0.158. The van der Waals surface area contributed by atoms with Gasteiger partial charge in [-0.15, -0.1) is 0 Å². The highest BCUT2D eigenvalue weighted by Gasteiger charge is 2.30. The zero-order valence-corrected chi connectivity index (χ0v) is 13.6. The van der Waals surface area contributed by atoms with Crippen molar-refractivity contribution in [2.75, 3.05) is 12.4 Å². The highest BCUT2D eigenvalue weighted by Crippen LogP contribution is 2.39. The first-order valence-electron chi connectivity index (χ1n) is 7.94. The van der Waals surface area contributed by atoms with Crippen LogP contribution in [0, 0.1) is 5.82 Å². The second-order valence-corrected chi connectivity index (χ2v) is 5.89. The number of amides is 1. The van der Waals surface area contributed by atoms with Crippen LogP contribution >= 0.6 is 0 Å². The van der Waals surface area contributed by atoms with Gasteiger partial charge in [0.15, 0.2) is 11.6 Å². The van der Waals surface area contributed by atoms with E-state index in [9.17, 15) is 9.18 Å². The average molecular weight is 337 g/mol. The Labute approximate surface area is 144 Å². The van der Waals surface area contributed by atoms with Crippen molar-refractivity contribution in [2.45, 2.75) is 12.3 Å². The maximum absolute atomic E-state index is 13.7. The van der Waals surface area contributed by atoms with Gasteiger partial charge >= 0.3 is 0 Å².